The Morgan fingerprint density at radius 2 is 1.66 bits per heavy atom. The monoisotopic (exact) mass is 528 g/mol. The first-order chi connectivity index (χ1) is 18.5. The van der Waals surface area contributed by atoms with Crippen LogP contribution >= 0.6 is 0 Å². The van der Waals surface area contributed by atoms with Crippen molar-refractivity contribution < 1.29 is 18.8 Å². The number of carbonyl (C=O) groups is 3. The fraction of sp³-hybridized carbons (Fsp3) is 0.700. The van der Waals surface area contributed by atoms with Crippen LogP contribution in [0.5, 0.6) is 0 Å². The van der Waals surface area contributed by atoms with Gasteiger partial charge in [0.25, 0.3) is 5.91 Å². The zero-order valence-electron chi connectivity index (χ0n) is 23.1. The highest BCUT2D eigenvalue weighted by Crippen LogP contribution is 2.37. The van der Waals surface area contributed by atoms with Crippen molar-refractivity contribution in [3.8, 4) is 0 Å². The summed E-state index contributed by atoms with van der Waals surface area (Å²) >= 11 is 0. The minimum Gasteiger partial charge on any atom is -0.332 e. The lowest BCUT2D eigenvalue weighted by Gasteiger charge is -2.33. The Labute approximate surface area is 227 Å². The lowest BCUT2D eigenvalue weighted by molar-refractivity contribution is -0.125. The van der Waals surface area contributed by atoms with Crippen molar-refractivity contribution in [2.45, 2.75) is 96.1 Å². The first-order valence-electron chi connectivity index (χ1n) is 14.8. The third-order valence-electron chi connectivity index (χ3n) is 8.78. The minimum absolute atomic E-state index is 0.165. The fourth-order valence-corrected chi connectivity index (χ4v) is 6.45. The number of hydrogen-bond donors (Lipinski definition) is 1. The number of unbranched alkanes of at least 4 members (excludes halogenated alkanes) is 4. The maximum Gasteiger partial charge on any atom is 0.254 e. The molecular formula is C30H45FN4O3. The number of carbonyl (C=O) groups excluding carboxylic acids is 3. The van der Waals surface area contributed by atoms with Crippen LogP contribution in [0.4, 0.5) is 4.39 Å². The second kappa shape index (κ2) is 14.2. The summed E-state index contributed by atoms with van der Waals surface area (Å²) in [4.78, 5) is 42.1. The number of benzene rings is 1. The molecule has 38 heavy (non-hydrogen) atoms. The number of fused-ring (bicyclic) bond motifs is 1. The molecule has 1 N–H and O–H groups in total. The summed E-state index contributed by atoms with van der Waals surface area (Å²) in [5.74, 6) is -0.601. The van der Waals surface area contributed by atoms with Gasteiger partial charge in [0.15, 0.2) is 0 Å². The van der Waals surface area contributed by atoms with Gasteiger partial charge in [-0.05, 0) is 120 Å². The van der Waals surface area contributed by atoms with Crippen LogP contribution in [0.3, 0.4) is 0 Å². The van der Waals surface area contributed by atoms with Gasteiger partial charge in [0.2, 0.25) is 12.3 Å². The molecular weight excluding hydrogens is 483 g/mol. The molecule has 0 bridgehead atoms. The summed E-state index contributed by atoms with van der Waals surface area (Å²) in [6.45, 7) is 9.41. The fourth-order valence-electron chi connectivity index (χ4n) is 6.45. The molecule has 3 amide bonds. The van der Waals surface area contributed by atoms with Crippen LogP contribution in [-0.4, -0.2) is 78.2 Å². The van der Waals surface area contributed by atoms with Gasteiger partial charge in [-0.15, -0.1) is 0 Å². The summed E-state index contributed by atoms with van der Waals surface area (Å²) in [6, 6.07) is 2.83. The van der Waals surface area contributed by atoms with Crippen LogP contribution in [0.15, 0.2) is 12.1 Å². The Morgan fingerprint density at radius 3 is 2.32 bits per heavy atom. The predicted molar refractivity (Wildman–Crippen MR) is 146 cm³/mol. The smallest absolute Gasteiger partial charge is 0.254 e. The average Bonchev–Trinajstić information content (AvgIpc) is 3.55. The molecule has 3 aliphatic rings. The van der Waals surface area contributed by atoms with Crippen molar-refractivity contribution in [3.05, 3.63) is 34.6 Å². The quantitative estimate of drug-likeness (QED) is 0.285. The second-order valence-electron chi connectivity index (χ2n) is 11.5. The van der Waals surface area contributed by atoms with E-state index < -0.39 is 0 Å². The Morgan fingerprint density at radius 1 is 1.03 bits per heavy atom. The molecule has 8 heteroatoms. The SMILES string of the molecule is CC(CCC(=O)NC=O)N1Cc2c(cc(F)cc2C2CCN(CCCCCCCN3CCCC3)CC2)C1=O. The highest BCUT2D eigenvalue weighted by Gasteiger charge is 2.35. The van der Waals surface area contributed by atoms with Crippen molar-refractivity contribution in [2.24, 2.45) is 0 Å². The van der Waals surface area contributed by atoms with Gasteiger partial charge in [0, 0.05) is 24.6 Å². The number of amides is 3. The van der Waals surface area contributed by atoms with Gasteiger partial charge in [-0.25, -0.2) is 4.39 Å². The lowest BCUT2D eigenvalue weighted by atomic mass is 9.85. The minimum atomic E-state index is -0.355. The van der Waals surface area contributed by atoms with E-state index in [0.29, 0.717) is 24.9 Å². The molecule has 1 aromatic carbocycles. The third kappa shape index (κ3) is 7.63. The van der Waals surface area contributed by atoms with E-state index in [4.69, 9.17) is 0 Å². The number of nitrogens with zero attached hydrogens (tertiary/aromatic N) is 3. The van der Waals surface area contributed by atoms with E-state index in [2.05, 4.69) is 15.1 Å². The number of hydrogen-bond acceptors (Lipinski definition) is 5. The molecule has 7 nitrogen and oxygen atoms in total. The van der Waals surface area contributed by atoms with E-state index in [0.717, 1.165) is 43.6 Å². The van der Waals surface area contributed by atoms with E-state index in [-0.39, 0.29) is 36.0 Å². The zero-order valence-corrected chi connectivity index (χ0v) is 23.1. The first-order valence-corrected chi connectivity index (χ1v) is 14.8. The van der Waals surface area contributed by atoms with Crippen molar-refractivity contribution in [2.75, 3.05) is 39.3 Å². The molecule has 1 unspecified atom stereocenters. The largest absolute Gasteiger partial charge is 0.332 e. The summed E-state index contributed by atoms with van der Waals surface area (Å²) in [6.07, 6.45) is 12.3. The number of halogens is 1. The maximum absolute atomic E-state index is 14.6. The van der Waals surface area contributed by atoms with Crippen LogP contribution in [0.25, 0.3) is 0 Å². The van der Waals surface area contributed by atoms with Crippen LogP contribution in [0.1, 0.15) is 105 Å². The van der Waals surface area contributed by atoms with Crippen molar-refractivity contribution in [1.29, 1.82) is 0 Å². The predicted octanol–water partition coefficient (Wildman–Crippen LogP) is 4.45. The van der Waals surface area contributed by atoms with E-state index in [1.54, 1.807) is 11.0 Å². The van der Waals surface area contributed by atoms with Gasteiger partial charge in [-0.3, -0.25) is 19.7 Å². The molecule has 3 heterocycles. The van der Waals surface area contributed by atoms with Gasteiger partial charge in [-0.2, -0.15) is 0 Å². The molecule has 0 aromatic heterocycles. The molecule has 1 aromatic rings. The molecule has 2 saturated heterocycles. The Balaban J connectivity index is 1.21. The summed E-state index contributed by atoms with van der Waals surface area (Å²) in [5, 5.41) is 2.14. The average molecular weight is 529 g/mol. The maximum atomic E-state index is 14.6. The van der Waals surface area contributed by atoms with Crippen molar-refractivity contribution in [1.82, 2.24) is 20.0 Å². The van der Waals surface area contributed by atoms with Crippen LogP contribution in [-0.2, 0) is 16.1 Å². The summed E-state index contributed by atoms with van der Waals surface area (Å²) < 4.78 is 14.6. The summed E-state index contributed by atoms with van der Waals surface area (Å²) in [7, 11) is 0. The normalized spacial score (nSPS) is 19.6. The van der Waals surface area contributed by atoms with Crippen LogP contribution in [0.2, 0.25) is 0 Å². The number of imide groups is 1. The number of rotatable bonds is 14. The molecule has 1 atom stereocenters. The topological polar surface area (TPSA) is 73.0 Å². The number of piperidine rings is 1. The Hall–Kier alpha value is -2.32. The van der Waals surface area contributed by atoms with Gasteiger partial charge >= 0.3 is 0 Å². The standard InChI is InChI=1S/C30H45FN4O3/c1-23(9-10-29(37)32-22-36)35-21-28-26(19-25(31)20-27(28)30(35)38)24-11-17-34(18-12-24)14-6-4-2-3-5-13-33-15-7-8-16-33/h19-20,22-24H,2-18,21H2,1H3,(H,32,36,37). The van der Waals surface area contributed by atoms with Gasteiger partial charge in [0.05, 0.1) is 0 Å². The molecule has 0 spiro atoms. The first kappa shape index (κ1) is 28.7. The van der Waals surface area contributed by atoms with Gasteiger partial charge < -0.3 is 14.7 Å². The van der Waals surface area contributed by atoms with Crippen LogP contribution in [0, 0.1) is 5.82 Å². The highest BCUT2D eigenvalue weighted by atomic mass is 19.1. The number of likely N-dealkylation sites (tertiary alicyclic amines) is 2. The molecule has 2 fully saturated rings. The molecule has 0 aliphatic carbocycles. The third-order valence-corrected chi connectivity index (χ3v) is 8.78. The lowest BCUT2D eigenvalue weighted by Crippen LogP contribution is -2.35. The second-order valence-corrected chi connectivity index (χ2v) is 11.5. The Kier molecular flexibility index (Phi) is 10.7. The number of nitrogens with one attached hydrogen (secondary N) is 1. The molecule has 0 radical (unpaired) electrons. The van der Waals surface area contributed by atoms with Crippen molar-refractivity contribution in [3.63, 3.8) is 0 Å². The summed E-state index contributed by atoms with van der Waals surface area (Å²) in [5.41, 5.74) is 2.41. The molecule has 4 rings (SSSR count). The highest BCUT2D eigenvalue weighted by molar-refractivity contribution is 5.99. The van der Waals surface area contributed by atoms with E-state index >= 15 is 0 Å². The molecule has 210 valence electrons. The van der Waals surface area contributed by atoms with Gasteiger partial charge in [0.1, 0.15) is 5.82 Å². The van der Waals surface area contributed by atoms with Gasteiger partial charge in [-0.1, -0.05) is 19.3 Å². The zero-order chi connectivity index (χ0) is 26.9. The molecule has 0 saturated carbocycles. The van der Waals surface area contributed by atoms with E-state index in [1.807, 2.05) is 6.92 Å². The Bertz CT molecular complexity index is 957. The van der Waals surface area contributed by atoms with Crippen LogP contribution < -0.4 is 5.32 Å². The van der Waals surface area contributed by atoms with E-state index in [9.17, 15) is 18.8 Å². The van der Waals surface area contributed by atoms with E-state index in [1.165, 1.54) is 70.6 Å². The molecule has 3 aliphatic heterocycles. The van der Waals surface area contributed by atoms with Crippen molar-refractivity contribution >= 4 is 18.2 Å².